The Balaban J connectivity index is 1.88. The zero-order valence-corrected chi connectivity index (χ0v) is 9.36. The molecular formula is C10H16F3NO2. The zero-order chi connectivity index (χ0) is 12.0. The van der Waals surface area contributed by atoms with Crippen molar-refractivity contribution >= 4 is 0 Å². The van der Waals surface area contributed by atoms with Crippen molar-refractivity contribution in [1.82, 2.24) is 5.32 Å². The monoisotopic (exact) mass is 239 g/mol. The molecule has 1 aliphatic carbocycles. The molecule has 1 aliphatic heterocycles. The summed E-state index contributed by atoms with van der Waals surface area (Å²) in [6.07, 6.45) is -3.88. The lowest BCUT2D eigenvalue weighted by Gasteiger charge is -2.37. The summed E-state index contributed by atoms with van der Waals surface area (Å²) in [5.41, 5.74) is -1.69. The molecule has 2 rings (SSSR count). The molecule has 0 atom stereocenters. The molecule has 94 valence electrons. The zero-order valence-electron chi connectivity index (χ0n) is 9.36. The molecule has 1 heterocycles. The third-order valence-corrected chi connectivity index (χ3v) is 3.04. The van der Waals surface area contributed by atoms with Crippen LogP contribution in [-0.4, -0.2) is 36.8 Å². The van der Waals surface area contributed by atoms with Crippen LogP contribution >= 0.6 is 0 Å². The van der Waals surface area contributed by atoms with Crippen LogP contribution in [0.1, 0.15) is 26.7 Å². The molecule has 0 spiro atoms. The predicted molar refractivity (Wildman–Crippen MR) is 50.9 cm³/mol. The number of halogens is 3. The van der Waals surface area contributed by atoms with Crippen LogP contribution in [0.15, 0.2) is 0 Å². The highest BCUT2D eigenvalue weighted by Crippen LogP contribution is 2.49. The van der Waals surface area contributed by atoms with Gasteiger partial charge in [-0.1, -0.05) is 0 Å². The Morgan fingerprint density at radius 2 is 1.62 bits per heavy atom. The predicted octanol–water partition coefficient (Wildman–Crippen LogP) is 1.82. The van der Waals surface area contributed by atoms with Gasteiger partial charge in [0, 0.05) is 0 Å². The minimum Gasteiger partial charge on any atom is -0.349 e. The van der Waals surface area contributed by atoms with Gasteiger partial charge in [-0.15, -0.1) is 0 Å². The summed E-state index contributed by atoms with van der Waals surface area (Å²) in [6, 6.07) is -0.378. The van der Waals surface area contributed by atoms with Gasteiger partial charge in [-0.3, -0.25) is 5.32 Å². The van der Waals surface area contributed by atoms with E-state index in [4.69, 9.17) is 9.47 Å². The molecule has 1 saturated heterocycles. The molecule has 0 aromatic carbocycles. The largest absolute Gasteiger partial charge is 0.406 e. The van der Waals surface area contributed by atoms with E-state index < -0.39 is 17.5 Å². The van der Waals surface area contributed by atoms with Crippen molar-refractivity contribution in [1.29, 1.82) is 0 Å². The van der Waals surface area contributed by atoms with Crippen molar-refractivity contribution in [2.24, 2.45) is 0 Å². The van der Waals surface area contributed by atoms with Crippen LogP contribution in [-0.2, 0) is 9.47 Å². The maximum absolute atomic E-state index is 12.7. The molecule has 0 radical (unpaired) electrons. The van der Waals surface area contributed by atoms with E-state index in [1.54, 1.807) is 13.8 Å². The van der Waals surface area contributed by atoms with Gasteiger partial charge >= 0.3 is 6.18 Å². The van der Waals surface area contributed by atoms with Crippen molar-refractivity contribution in [2.45, 2.75) is 50.2 Å². The van der Waals surface area contributed by atoms with Crippen LogP contribution in [0, 0.1) is 0 Å². The molecule has 2 aliphatic rings. The number of rotatable bonds is 2. The van der Waals surface area contributed by atoms with Gasteiger partial charge in [0.25, 0.3) is 0 Å². The highest BCUT2D eigenvalue weighted by molar-refractivity contribution is 5.09. The van der Waals surface area contributed by atoms with E-state index in [1.165, 1.54) is 0 Å². The fourth-order valence-corrected chi connectivity index (χ4v) is 1.80. The summed E-state index contributed by atoms with van der Waals surface area (Å²) >= 11 is 0. The van der Waals surface area contributed by atoms with Crippen LogP contribution in [0.3, 0.4) is 0 Å². The first kappa shape index (κ1) is 12.1. The normalized spacial score (nSPS) is 29.1. The Hall–Kier alpha value is -0.330. The minimum absolute atomic E-state index is 0.149. The second-order valence-corrected chi connectivity index (χ2v) is 4.94. The number of hydrogen-bond acceptors (Lipinski definition) is 3. The molecule has 0 bridgehead atoms. The van der Waals surface area contributed by atoms with Crippen LogP contribution in [0.4, 0.5) is 13.2 Å². The van der Waals surface area contributed by atoms with Crippen molar-refractivity contribution in [3.05, 3.63) is 0 Å². The molecule has 0 aromatic rings. The molecule has 0 unspecified atom stereocenters. The summed E-state index contributed by atoms with van der Waals surface area (Å²) in [5.74, 6) is -0.687. The second-order valence-electron chi connectivity index (χ2n) is 4.94. The second kappa shape index (κ2) is 3.58. The Kier molecular flexibility index (Phi) is 2.72. The lowest BCUT2D eigenvalue weighted by molar-refractivity contribution is -0.258. The standard InChI is InChI=1S/C10H16F3NO2/c1-8(2)15-5-7(6-16-8)14-9(3-4-9)10(11,12)13/h7,14H,3-6H2,1-2H3. The summed E-state index contributed by atoms with van der Waals surface area (Å²) in [7, 11) is 0. The smallest absolute Gasteiger partial charge is 0.349 e. The molecule has 1 saturated carbocycles. The summed E-state index contributed by atoms with van der Waals surface area (Å²) < 4.78 is 48.6. The molecular weight excluding hydrogens is 223 g/mol. The van der Waals surface area contributed by atoms with Gasteiger partial charge in [-0.25, -0.2) is 0 Å². The molecule has 3 nitrogen and oxygen atoms in total. The van der Waals surface area contributed by atoms with E-state index >= 15 is 0 Å². The number of hydrogen-bond donors (Lipinski definition) is 1. The quantitative estimate of drug-likeness (QED) is 0.797. The average Bonchev–Trinajstić information content (AvgIpc) is 2.89. The van der Waals surface area contributed by atoms with Crippen LogP contribution in [0.2, 0.25) is 0 Å². The van der Waals surface area contributed by atoms with Crippen molar-refractivity contribution in [3.63, 3.8) is 0 Å². The van der Waals surface area contributed by atoms with E-state index in [9.17, 15) is 13.2 Å². The van der Waals surface area contributed by atoms with Gasteiger partial charge < -0.3 is 9.47 Å². The number of alkyl halides is 3. The number of nitrogens with one attached hydrogen (secondary N) is 1. The Labute approximate surface area is 92.3 Å². The summed E-state index contributed by atoms with van der Waals surface area (Å²) in [6.45, 7) is 4.01. The first-order valence-corrected chi connectivity index (χ1v) is 5.36. The Bertz CT molecular complexity index is 264. The van der Waals surface area contributed by atoms with Crippen LogP contribution in [0.5, 0.6) is 0 Å². The molecule has 1 N–H and O–H groups in total. The third-order valence-electron chi connectivity index (χ3n) is 3.04. The van der Waals surface area contributed by atoms with Gasteiger partial charge in [-0.05, 0) is 26.7 Å². The van der Waals surface area contributed by atoms with Crippen molar-refractivity contribution in [2.75, 3.05) is 13.2 Å². The van der Waals surface area contributed by atoms with Gasteiger partial charge in [0.05, 0.1) is 19.3 Å². The summed E-state index contributed by atoms with van der Waals surface area (Å²) in [4.78, 5) is 0. The first-order valence-electron chi connectivity index (χ1n) is 5.36. The molecule has 16 heavy (non-hydrogen) atoms. The van der Waals surface area contributed by atoms with E-state index in [-0.39, 0.29) is 32.1 Å². The highest BCUT2D eigenvalue weighted by Gasteiger charge is 2.64. The summed E-state index contributed by atoms with van der Waals surface area (Å²) in [5, 5.41) is 2.61. The highest BCUT2D eigenvalue weighted by atomic mass is 19.4. The van der Waals surface area contributed by atoms with Crippen LogP contribution < -0.4 is 5.32 Å². The fourth-order valence-electron chi connectivity index (χ4n) is 1.80. The molecule has 6 heteroatoms. The van der Waals surface area contributed by atoms with E-state index in [2.05, 4.69) is 5.32 Å². The molecule has 2 fully saturated rings. The van der Waals surface area contributed by atoms with Crippen molar-refractivity contribution in [3.8, 4) is 0 Å². The SMILES string of the molecule is CC1(C)OCC(NC2(C(F)(F)F)CC2)CO1. The maximum Gasteiger partial charge on any atom is 0.406 e. The Morgan fingerprint density at radius 3 is 2.00 bits per heavy atom. The first-order chi connectivity index (χ1) is 7.24. The lowest BCUT2D eigenvalue weighted by Crippen LogP contribution is -2.56. The lowest BCUT2D eigenvalue weighted by atomic mass is 10.2. The average molecular weight is 239 g/mol. The molecule has 0 aromatic heterocycles. The topological polar surface area (TPSA) is 30.5 Å². The van der Waals surface area contributed by atoms with Gasteiger partial charge in [0.1, 0.15) is 5.54 Å². The maximum atomic E-state index is 12.7. The van der Waals surface area contributed by atoms with Gasteiger partial charge in [0.15, 0.2) is 5.79 Å². The fraction of sp³-hybridized carbons (Fsp3) is 1.00. The third kappa shape index (κ3) is 2.33. The minimum atomic E-state index is -4.18. The van der Waals surface area contributed by atoms with Crippen molar-refractivity contribution < 1.29 is 22.6 Å². The van der Waals surface area contributed by atoms with Crippen LogP contribution in [0.25, 0.3) is 0 Å². The van der Waals surface area contributed by atoms with E-state index in [1.807, 2.05) is 0 Å². The molecule has 0 amide bonds. The van der Waals surface area contributed by atoms with Gasteiger partial charge in [-0.2, -0.15) is 13.2 Å². The van der Waals surface area contributed by atoms with E-state index in [0.29, 0.717) is 0 Å². The number of ether oxygens (including phenoxy) is 2. The van der Waals surface area contributed by atoms with E-state index in [0.717, 1.165) is 0 Å². The van der Waals surface area contributed by atoms with Gasteiger partial charge in [0.2, 0.25) is 0 Å². The Morgan fingerprint density at radius 1 is 1.12 bits per heavy atom.